The highest BCUT2D eigenvalue weighted by molar-refractivity contribution is 7.25. The molecule has 0 fully saturated rings. The van der Waals surface area contributed by atoms with E-state index in [1.807, 2.05) is 6.20 Å². The average Bonchev–Trinajstić information content (AvgIpc) is 3.54. The molecule has 9 rings (SSSR count). The van der Waals surface area contributed by atoms with Gasteiger partial charge >= 0.3 is 0 Å². The number of thiophene rings is 1. The van der Waals surface area contributed by atoms with Gasteiger partial charge in [-0.25, -0.2) is 0 Å². The van der Waals surface area contributed by atoms with Gasteiger partial charge in [0.25, 0.3) is 0 Å². The summed E-state index contributed by atoms with van der Waals surface area (Å²) < 4.78 is 2.51. The first-order chi connectivity index (χ1) is 23.8. The number of pyridine rings is 1. The molecule has 226 valence electrons. The summed E-state index contributed by atoms with van der Waals surface area (Å²) in [5.41, 5.74) is 10.2. The van der Waals surface area contributed by atoms with Crippen LogP contribution in [-0.2, 0) is 0 Å². The third kappa shape index (κ3) is 5.21. The monoisotopic (exact) mass is 630 g/mol. The molecular formula is C45H30N2S. The van der Waals surface area contributed by atoms with Crippen LogP contribution in [0.3, 0.4) is 0 Å². The molecule has 0 aliphatic carbocycles. The Balaban J connectivity index is 1.09. The van der Waals surface area contributed by atoms with E-state index in [0.717, 1.165) is 28.3 Å². The van der Waals surface area contributed by atoms with Crippen molar-refractivity contribution in [2.24, 2.45) is 0 Å². The zero-order chi connectivity index (χ0) is 31.9. The number of aromatic nitrogens is 1. The minimum atomic E-state index is 0.983. The molecule has 0 aliphatic rings. The standard InChI is InChI=1S/C45H30N2S/c1-2-8-31(9-3-1)33-16-22-38(23-17-33)47(39-24-18-34(19-25-39)37-15-14-32-10-4-5-11-36(32)28-37)40-26-20-35(21-27-40)43-29-42-41-12-6-7-13-44(41)48-45(42)30-46-43/h1-30H. The van der Waals surface area contributed by atoms with Gasteiger partial charge in [-0.3, -0.25) is 4.98 Å². The van der Waals surface area contributed by atoms with Gasteiger partial charge in [0.2, 0.25) is 0 Å². The average molecular weight is 631 g/mol. The van der Waals surface area contributed by atoms with E-state index in [4.69, 9.17) is 4.98 Å². The van der Waals surface area contributed by atoms with Gasteiger partial charge in [-0.2, -0.15) is 0 Å². The van der Waals surface area contributed by atoms with Gasteiger partial charge in [0.1, 0.15) is 0 Å². The molecule has 2 aromatic heterocycles. The van der Waals surface area contributed by atoms with Gasteiger partial charge in [0.05, 0.1) is 10.4 Å². The van der Waals surface area contributed by atoms with Crippen LogP contribution in [0.4, 0.5) is 17.1 Å². The Morgan fingerprint density at radius 3 is 1.62 bits per heavy atom. The molecule has 3 heteroatoms. The maximum atomic E-state index is 4.86. The van der Waals surface area contributed by atoms with Crippen LogP contribution < -0.4 is 4.90 Å². The largest absolute Gasteiger partial charge is 0.311 e. The van der Waals surface area contributed by atoms with Crippen molar-refractivity contribution in [3.63, 3.8) is 0 Å². The van der Waals surface area contributed by atoms with Crippen LogP contribution >= 0.6 is 11.3 Å². The first-order valence-corrected chi connectivity index (χ1v) is 17.0. The second-order valence-electron chi connectivity index (χ2n) is 12.1. The van der Waals surface area contributed by atoms with Gasteiger partial charge in [0, 0.05) is 44.3 Å². The summed E-state index contributed by atoms with van der Waals surface area (Å²) in [5.74, 6) is 0. The van der Waals surface area contributed by atoms with Crippen molar-refractivity contribution in [1.29, 1.82) is 0 Å². The third-order valence-corrected chi connectivity index (χ3v) is 10.2. The van der Waals surface area contributed by atoms with Crippen molar-refractivity contribution in [1.82, 2.24) is 4.98 Å². The van der Waals surface area contributed by atoms with Crippen LogP contribution in [0.25, 0.3) is 64.5 Å². The number of hydrogen-bond acceptors (Lipinski definition) is 3. The van der Waals surface area contributed by atoms with E-state index in [-0.39, 0.29) is 0 Å². The van der Waals surface area contributed by atoms with Crippen LogP contribution in [-0.4, -0.2) is 4.98 Å². The summed E-state index contributed by atoms with van der Waals surface area (Å²) in [6.07, 6.45) is 2.01. The van der Waals surface area contributed by atoms with E-state index in [1.54, 1.807) is 11.3 Å². The summed E-state index contributed by atoms with van der Waals surface area (Å²) in [6.45, 7) is 0. The Morgan fingerprint density at radius 2 is 0.917 bits per heavy atom. The maximum Gasteiger partial charge on any atom is 0.0709 e. The van der Waals surface area contributed by atoms with Crippen LogP contribution in [0.15, 0.2) is 182 Å². The molecule has 0 unspecified atom stereocenters. The fraction of sp³-hybridized carbons (Fsp3) is 0. The lowest BCUT2D eigenvalue weighted by molar-refractivity contribution is 1.28. The Morgan fingerprint density at radius 1 is 0.375 bits per heavy atom. The summed E-state index contributed by atoms with van der Waals surface area (Å²) in [4.78, 5) is 7.18. The molecule has 9 aromatic rings. The quantitative estimate of drug-likeness (QED) is 0.182. The number of fused-ring (bicyclic) bond motifs is 4. The van der Waals surface area contributed by atoms with Crippen molar-refractivity contribution in [3.05, 3.63) is 182 Å². The topological polar surface area (TPSA) is 16.1 Å². The van der Waals surface area contributed by atoms with E-state index in [9.17, 15) is 0 Å². The normalized spacial score (nSPS) is 11.3. The second kappa shape index (κ2) is 12.0. The number of nitrogens with zero attached hydrogens (tertiary/aromatic N) is 2. The van der Waals surface area contributed by atoms with Crippen LogP contribution in [0.1, 0.15) is 0 Å². The lowest BCUT2D eigenvalue weighted by Crippen LogP contribution is -2.09. The lowest BCUT2D eigenvalue weighted by atomic mass is 10.0. The molecular weight excluding hydrogens is 601 g/mol. The highest BCUT2D eigenvalue weighted by atomic mass is 32.1. The zero-order valence-electron chi connectivity index (χ0n) is 26.1. The molecule has 2 nitrogen and oxygen atoms in total. The second-order valence-corrected chi connectivity index (χ2v) is 13.2. The minimum absolute atomic E-state index is 0.983. The van der Waals surface area contributed by atoms with Crippen molar-refractivity contribution in [3.8, 4) is 33.5 Å². The van der Waals surface area contributed by atoms with E-state index in [1.165, 1.54) is 53.2 Å². The minimum Gasteiger partial charge on any atom is -0.311 e. The van der Waals surface area contributed by atoms with Crippen LogP contribution in [0, 0.1) is 0 Å². The number of hydrogen-bond donors (Lipinski definition) is 0. The molecule has 0 bridgehead atoms. The molecule has 0 radical (unpaired) electrons. The van der Waals surface area contributed by atoms with Gasteiger partial charge < -0.3 is 4.90 Å². The number of benzene rings is 7. The molecule has 0 amide bonds. The van der Waals surface area contributed by atoms with Gasteiger partial charge in [0.15, 0.2) is 0 Å². The predicted molar refractivity (Wildman–Crippen MR) is 206 cm³/mol. The fourth-order valence-corrected chi connectivity index (χ4v) is 7.68. The lowest BCUT2D eigenvalue weighted by Gasteiger charge is -2.26. The highest BCUT2D eigenvalue weighted by Crippen LogP contribution is 2.39. The number of anilines is 3. The smallest absolute Gasteiger partial charge is 0.0709 e. The highest BCUT2D eigenvalue weighted by Gasteiger charge is 2.15. The van der Waals surface area contributed by atoms with Gasteiger partial charge in [-0.1, -0.05) is 121 Å². The first kappa shape index (κ1) is 28.2. The Labute approximate surface area is 283 Å². The van der Waals surface area contributed by atoms with Crippen molar-refractivity contribution in [2.75, 3.05) is 4.90 Å². The molecule has 0 spiro atoms. The van der Waals surface area contributed by atoms with E-state index in [2.05, 4.69) is 181 Å². The molecule has 0 saturated heterocycles. The van der Waals surface area contributed by atoms with Crippen LogP contribution in [0.5, 0.6) is 0 Å². The van der Waals surface area contributed by atoms with Crippen LogP contribution in [0.2, 0.25) is 0 Å². The van der Waals surface area contributed by atoms with Crippen molar-refractivity contribution in [2.45, 2.75) is 0 Å². The van der Waals surface area contributed by atoms with Gasteiger partial charge in [-0.05, 0) is 87.6 Å². The van der Waals surface area contributed by atoms with Gasteiger partial charge in [-0.15, -0.1) is 11.3 Å². The van der Waals surface area contributed by atoms with E-state index >= 15 is 0 Å². The molecule has 0 N–H and O–H groups in total. The zero-order valence-corrected chi connectivity index (χ0v) is 26.9. The molecule has 0 atom stereocenters. The first-order valence-electron chi connectivity index (χ1n) is 16.2. The molecule has 2 heterocycles. The van der Waals surface area contributed by atoms with E-state index in [0.29, 0.717) is 0 Å². The summed E-state index contributed by atoms with van der Waals surface area (Å²) in [6, 6.07) is 63.1. The fourth-order valence-electron chi connectivity index (χ4n) is 6.62. The summed E-state index contributed by atoms with van der Waals surface area (Å²) in [5, 5.41) is 5.05. The molecule has 0 saturated carbocycles. The van der Waals surface area contributed by atoms with Crippen molar-refractivity contribution >= 4 is 59.3 Å². The van der Waals surface area contributed by atoms with E-state index < -0.39 is 0 Å². The Bertz CT molecular complexity index is 2530. The summed E-state index contributed by atoms with van der Waals surface area (Å²) >= 11 is 1.80. The third-order valence-electron chi connectivity index (χ3n) is 9.13. The van der Waals surface area contributed by atoms with Crippen molar-refractivity contribution < 1.29 is 0 Å². The maximum absolute atomic E-state index is 4.86. The Kier molecular flexibility index (Phi) is 7.03. The molecule has 7 aromatic carbocycles. The molecule has 0 aliphatic heterocycles. The predicted octanol–water partition coefficient (Wildman–Crippen LogP) is 13.1. The Hall–Kier alpha value is -6.03. The number of rotatable bonds is 6. The summed E-state index contributed by atoms with van der Waals surface area (Å²) in [7, 11) is 0. The SMILES string of the molecule is c1ccc(-c2ccc(N(c3ccc(-c4ccc5ccccc5c4)cc3)c3ccc(-c4cc5c(cn4)sc4ccccc45)cc3)cc2)cc1. The molecule has 48 heavy (non-hydrogen) atoms.